The van der Waals surface area contributed by atoms with Crippen LogP contribution in [0, 0.1) is 5.92 Å². The minimum Gasteiger partial charge on any atom is -0.347 e. The Labute approximate surface area is 175 Å². The van der Waals surface area contributed by atoms with Crippen molar-refractivity contribution in [3.63, 3.8) is 0 Å². The highest BCUT2D eigenvalue weighted by molar-refractivity contribution is 7.90. The number of amidine groups is 1. The molecule has 2 N–H and O–H groups in total. The maximum atomic E-state index is 12.9. The molecular formula is C21H22ClN3O3S. The first-order valence-corrected chi connectivity index (χ1v) is 11.5. The highest BCUT2D eigenvalue weighted by Gasteiger charge is 2.33. The van der Waals surface area contributed by atoms with E-state index in [0.29, 0.717) is 16.5 Å². The van der Waals surface area contributed by atoms with Crippen molar-refractivity contribution < 1.29 is 13.2 Å². The normalized spacial score (nSPS) is 21.0. The molecule has 2 aliphatic rings. The van der Waals surface area contributed by atoms with Gasteiger partial charge in [-0.15, -0.1) is 0 Å². The van der Waals surface area contributed by atoms with Crippen LogP contribution in [0.2, 0.25) is 5.02 Å². The van der Waals surface area contributed by atoms with E-state index in [-0.39, 0.29) is 22.7 Å². The topological polar surface area (TPSA) is 87.6 Å². The van der Waals surface area contributed by atoms with Gasteiger partial charge in [0.15, 0.2) is 0 Å². The van der Waals surface area contributed by atoms with E-state index in [1.165, 1.54) is 6.07 Å². The van der Waals surface area contributed by atoms with Gasteiger partial charge in [0.2, 0.25) is 5.91 Å². The Hall–Kier alpha value is -2.38. The van der Waals surface area contributed by atoms with Crippen LogP contribution in [0.25, 0.3) is 0 Å². The van der Waals surface area contributed by atoms with Gasteiger partial charge in [-0.3, -0.25) is 14.5 Å². The first-order chi connectivity index (χ1) is 13.8. The lowest BCUT2D eigenvalue weighted by molar-refractivity contribution is -0.123. The quantitative estimate of drug-likeness (QED) is 0.760. The molecule has 0 bridgehead atoms. The number of sulfonamides is 1. The first kappa shape index (κ1) is 19.9. The highest BCUT2D eigenvalue weighted by atomic mass is 35.5. The van der Waals surface area contributed by atoms with Crippen LogP contribution in [-0.2, 0) is 14.8 Å². The average molecular weight is 432 g/mol. The van der Waals surface area contributed by atoms with E-state index in [2.05, 4.69) is 15.0 Å². The summed E-state index contributed by atoms with van der Waals surface area (Å²) >= 11 is 6.00. The molecule has 1 unspecified atom stereocenters. The third-order valence-electron chi connectivity index (χ3n) is 5.51. The van der Waals surface area contributed by atoms with Gasteiger partial charge in [0, 0.05) is 10.6 Å². The number of benzene rings is 2. The second kappa shape index (κ2) is 7.80. The molecule has 2 atom stereocenters. The van der Waals surface area contributed by atoms with Crippen molar-refractivity contribution in [2.45, 2.75) is 43.2 Å². The second-order valence-electron chi connectivity index (χ2n) is 7.48. The Bertz CT molecular complexity index is 1060. The molecule has 0 radical (unpaired) electrons. The van der Waals surface area contributed by atoms with Gasteiger partial charge < -0.3 is 5.32 Å². The van der Waals surface area contributed by atoms with Crippen LogP contribution in [0.4, 0.5) is 0 Å². The first-order valence-electron chi connectivity index (χ1n) is 9.61. The third kappa shape index (κ3) is 4.02. The number of fused-ring (bicyclic) bond motifs is 1. The summed E-state index contributed by atoms with van der Waals surface area (Å²) in [5, 5.41) is 3.76. The van der Waals surface area contributed by atoms with E-state index in [9.17, 15) is 13.2 Å². The minimum atomic E-state index is -3.63. The summed E-state index contributed by atoms with van der Waals surface area (Å²) in [6.45, 7) is 1.66. The zero-order valence-corrected chi connectivity index (χ0v) is 17.5. The van der Waals surface area contributed by atoms with Crippen molar-refractivity contribution in [3.05, 3.63) is 64.7 Å². The van der Waals surface area contributed by atoms with Gasteiger partial charge >= 0.3 is 0 Å². The Morgan fingerprint density at radius 3 is 2.52 bits per heavy atom. The van der Waals surface area contributed by atoms with Crippen molar-refractivity contribution in [1.29, 1.82) is 0 Å². The molecule has 1 aliphatic carbocycles. The Morgan fingerprint density at radius 2 is 1.86 bits per heavy atom. The SMILES string of the molecule is C[C@H](N=C1NS(=O)(=O)c2ccccc21)C(=O)NC(c1ccc(Cl)cc1)C1CCC1. The summed E-state index contributed by atoms with van der Waals surface area (Å²) in [6.07, 6.45) is 3.27. The smallest absolute Gasteiger partial charge is 0.263 e. The third-order valence-corrected chi connectivity index (χ3v) is 7.16. The van der Waals surface area contributed by atoms with Crippen molar-refractivity contribution in [3.8, 4) is 0 Å². The molecule has 8 heteroatoms. The number of halogens is 1. The van der Waals surface area contributed by atoms with Gasteiger partial charge in [0.05, 0.1) is 10.9 Å². The minimum absolute atomic E-state index is 0.108. The number of rotatable bonds is 5. The van der Waals surface area contributed by atoms with E-state index in [1.54, 1.807) is 25.1 Å². The van der Waals surface area contributed by atoms with Gasteiger partial charge in [-0.1, -0.05) is 42.3 Å². The monoisotopic (exact) mass is 431 g/mol. The van der Waals surface area contributed by atoms with Gasteiger partial charge in [-0.25, -0.2) is 8.42 Å². The zero-order valence-electron chi connectivity index (χ0n) is 15.9. The Morgan fingerprint density at radius 1 is 1.17 bits per heavy atom. The van der Waals surface area contributed by atoms with Gasteiger partial charge in [-0.2, -0.15) is 0 Å². The molecule has 1 amide bonds. The molecule has 1 fully saturated rings. The van der Waals surface area contributed by atoms with Gasteiger partial charge in [0.25, 0.3) is 10.0 Å². The average Bonchev–Trinajstić information content (AvgIpc) is 2.91. The number of nitrogens with zero attached hydrogens (tertiary/aromatic N) is 1. The molecule has 0 aromatic heterocycles. The number of carbonyl (C=O) groups excluding carboxylic acids is 1. The summed E-state index contributed by atoms with van der Waals surface area (Å²) in [5.74, 6) is 0.341. The molecule has 0 saturated heterocycles. The second-order valence-corrected chi connectivity index (χ2v) is 9.57. The van der Waals surface area contributed by atoms with Crippen LogP contribution in [-0.4, -0.2) is 26.2 Å². The number of carbonyl (C=O) groups is 1. The Kier molecular flexibility index (Phi) is 5.36. The van der Waals surface area contributed by atoms with Gasteiger partial charge in [-0.05, 0) is 55.5 Å². The molecule has 29 heavy (non-hydrogen) atoms. The van der Waals surface area contributed by atoms with Crippen molar-refractivity contribution in [2.24, 2.45) is 10.9 Å². The van der Waals surface area contributed by atoms with Crippen molar-refractivity contribution in [2.75, 3.05) is 0 Å². The van der Waals surface area contributed by atoms with Crippen LogP contribution in [0.5, 0.6) is 0 Å². The molecule has 0 spiro atoms. The molecule has 152 valence electrons. The number of amides is 1. The zero-order chi connectivity index (χ0) is 20.6. The molecule has 1 saturated carbocycles. The van der Waals surface area contributed by atoms with E-state index in [1.807, 2.05) is 24.3 Å². The number of nitrogens with one attached hydrogen (secondary N) is 2. The lowest BCUT2D eigenvalue weighted by Crippen LogP contribution is -2.40. The predicted octanol–water partition coefficient (Wildman–Crippen LogP) is 3.42. The summed E-state index contributed by atoms with van der Waals surface area (Å²) < 4.78 is 26.9. The maximum Gasteiger partial charge on any atom is 0.263 e. The van der Waals surface area contributed by atoms with E-state index < -0.39 is 16.1 Å². The molecule has 1 aliphatic heterocycles. The van der Waals surface area contributed by atoms with Crippen molar-refractivity contribution in [1.82, 2.24) is 10.0 Å². The van der Waals surface area contributed by atoms with Crippen LogP contribution in [0.15, 0.2) is 58.4 Å². The molecule has 4 rings (SSSR count). The van der Waals surface area contributed by atoms with Crippen LogP contribution in [0.3, 0.4) is 0 Å². The summed E-state index contributed by atoms with van der Waals surface area (Å²) in [4.78, 5) is 17.4. The van der Waals surface area contributed by atoms with E-state index in [0.717, 1.165) is 24.8 Å². The fourth-order valence-electron chi connectivity index (χ4n) is 3.67. The predicted molar refractivity (Wildman–Crippen MR) is 112 cm³/mol. The maximum absolute atomic E-state index is 12.9. The lowest BCUT2D eigenvalue weighted by Gasteiger charge is -2.35. The molecule has 1 heterocycles. The van der Waals surface area contributed by atoms with Gasteiger partial charge in [0.1, 0.15) is 11.9 Å². The summed E-state index contributed by atoms with van der Waals surface area (Å²) in [5.41, 5.74) is 1.50. The van der Waals surface area contributed by atoms with Crippen molar-refractivity contribution >= 4 is 33.4 Å². The fraction of sp³-hybridized carbons (Fsp3) is 0.333. The molecular weight excluding hydrogens is 410 g/mol. The highest BCUT2D eigenvalue weighted by Crippen LogP contribution is 2.38. The van der Waals surface area contributed by atoms with Crippen LogP contribution >= 0.6 is 11.6 Å². The summed E-state index contributed by atoms with van der Waals surface area (Å²) in [7, 11) is -3.63. The molecule has 6 nitrogen and oxygen atoms in total. The molecule has 2 aromatic rings. The lowest BCUT2D eigenvalue weighted by atomic mass is 9.77. The number of hydrogen-bond acceptors (Lipinski definition) is 4. The fourth-order valence-corrected chi connectivity index (χ4v) is 5.04. The van der Waals surface area contributed by atoms with Crippen LogP contribution < -0.4 is 10.0 Å². The molecule has 2 aromatic carbocycles. The largest absolute Gasteiger partial charge is 0.347 e. The Balaban J connectivity index is 1.54. The number of aliphatic imine (C=N–C) groups is 1. The van der Waals surface area contributed by atoms with Crippen LogP contribution in [0.1, 0.15) is 43.4 Å². The van der Waals surface area contributed by atoms with E-state index in [4.69, 9.17) is 11.6 Å². The standard InChI is InChI=1S/C21H22ClN3O3S/c1-13(23-20-17-7-2-3-8-18(17)29(27,28)25-20)21(26)24-19(14-5-4-6-14)15-9-11-16(22)12-10-15/h2-3,7-14,19H,4-6H2,1H3,(H,23,25)(H,24,26)/t13-,19?/m0/s1. The van der Waals surface area contributed by atoms with E-state index >= 15 is 0 Å². The number of hydrogen-bond donors (Lipinski definition) is 2. The summed E-state index contributed by atoms with van der Waals surface area (Å²) in [6, 6.07) is 13.3.